The van der Waals surface area contributed by atoms with Gasteiger partial charge in [-0.05, 0) is 69.5 Å². The van der Waals surface area contributed by atoms with E-state index in [1.165, 1.54) is 11.0 Å². The van der Waals surface area contributed by atoms with E-state index in [9.17, 15) is 14.0 Å². The Hall–Kier alpha value is -2.80. The predicted molar refractivity (Wildman–Crippen MR) is 118 cm³/mol. The Morgan fingerprint density at radius 1 is 1.19 bits per heavy atom. The summed E-state index contributed by atoms with van der Waals surface area (Å²) in [5.41, 5.74) is 0.958. The van der Waals surface area contributed by atoms with Gasteiger partial charge in [0.05, 0.1) is 12.6 Å². The van der Waals surface area contributed by atoms with Gasteiger partial charge < -0.3 is 14.2 Å². The average molecular weight is 464 g/mol. The number of halogens is 2. The first-order valence-corrected chi connectivity index (χ1v) is 10.8. The minimum atomic E-state index is -0.708. The highest BCUT2D eigenvalue weighted by molar-refractivity contribution is 6.30. The van der Waals surface area contributed by atoms with Gasteiger partial charge in [0.25, 0.3) is 0 Å². The standard InChI is InChI=1S/C24H27ClFNO5/c1-5-30-21(28)14-31-20-10-9-15(25)13-18(20)22-17-7-6-8-19(26)16(17)11-12-27(22)23(29)32-24(2,3)4/h6-10,13,22H,5,11-12,14H2,1-4H3/t22-/m0/s1. The van der Waals surface area contributed by atoms with E-state index in [2.05, 4.69) is 0 Å². The van der Waals surface area contributed by atoms with Crippen LogP contribution in [0.15, 0.2) is 36.4 Å². The van der Waals surface area contributed by atoms with Gasteiger partial charge in [-0.25, -0.2) is 14.0 Å². The number of carbonyl (C=O) groups excluding carboxylic acids is 2. The summed E-state index contributed by atoms with van der Waals surface area (Å²) in [7, 11) is 0. The van der Waals surface area contributed by atoms with Crippen molar-refractivity contribution in [2.45, 2.75) is 45.8 Å². The van der Waals surface area contributed by atoms with Gasteiger partial charge in [-0.3, -0.25) is 4.90 Å². The van der Waals surface area contributed by atoms with E-state index in [0.29, 0.717) is 33.9 Å². The molecule has 32 heavy (non-hydrogen) atoms. The summed E-state index contributed by atoms with van der Waals surface area (Å²) in [6, 6.07) is 8.97. The highest BCUT2D eigenvalue weighted by atomic mass is 35.5. The lowest BCUT2D eigenvalue weighted by Gasteiger charge is -2.39. The second-order valence-corrected chi connectivity index (χ2v) is 8.85. The van der Waals surface area contributed by atoms with Crippen molar-refractivity contribution in [3.05, 3.63) is 63.9 Å². The number of nitrogens with zero attached hydrogens (tertiary/aromatic N) is 1. The largest absolute Gasteiger partial charge is 0.482 e. The lowest BCUT2D eigenvalue weighted by molar-refractivity contribution is -0.145. The number of benzene rings is 2. The number of hydrogen-bond donors (Lipinski definition) is 0. The Morgan fingerprint density at radius 3 is 2.62 bits per heavy atom. The molecule has 0 saturated heterocycles. The van der Waals surface area contributed by atoms with E-state index in [4.69, 9.17) is 25.8 Å². The van der Waals surface area contributed by atoms with Crippen LogP contribution in [-0.2, 0) is 20.7 Å². The first-order chi connectivity index (χ1) is 15.1. The Labute approximate surface area is 192 Å². The first-order valence-electron chi connectivity index (χ1n) is 10.5. The van der Waals surface area contributed by atoms with Crippen LogP contribution in [0.4, 0.5) is 9.18 Å². The molecule has 0 radical (unpaired) electrons. The predicted octanol–water partition coefficient (Wildman–Crippen LogP) is 5.30. The second-order valence-electron chi connectivity index (χ2n) is 8.41. The molecule has 0 saturated carbocycles. The Morgan fingerprint density at radius 2 is 1.94 bits per heavy atom. The average Bonchev–Trinajstić information content (AvgIpc) is 2.71. The molecule has 1 aliphatic rings. The van der Waals surface area contributed by atoms with Crippen LogP contribution < -0.4 is 4.74 Å². The minimum Gasteiger partial charge on any atom is -0.482 e. The van der Waals surface area contributed by atoms with E-state index in [1.807, 2.05) is 0 Å². The molecule has 0 aromatic heterocycles. The molecule has 0 spiro atoms. The van der Waals surface area contributed by atoms with Gasteiger partial charge in [-0.2, -0.15) is 0 Å². The summed E-state index contributed by atoms with van der Waals surface area (Å²) in [5.74, 6) is -0.516. The molecular formula is C24H27ClFNO5. The maximum atomic E-state index is 14.6. The maximum absolute atomic E-state index is 14.6. The van der Waals surface area contributed by atoms with E-state index >= 15 is 0 Å². The molecule has 172 valence electrons. The fourth-order valence-corrected chi connectivity index (χ4v) is 3.86. The summed E-state index contributed by atoms with van der Waals surface area (Å²) >= 11 is 6.28. The number of ether oxygens (including phenoxy) is 3. The molecule has 1 amide bonds. The number of carbonyl (C=O) groups is 2. The molecule has 2 aromatic carbocycles. The van der Waals surface area contributed by atoms with Crippen LogP contribution >= 0.6 is 11.6 Å². The van der Waals surface area contributed by atoms with Crippen molar-refractivity contribution in [2.24, 2.45) is 0 Å². The van der Waals surface area contributed by atoms with E-state index in [1.54, 1.807) is 58.0 Å². The third kappa shape index (κ3) is 5.51. The summed E-state index contributed by atoms with van der Waals surface area (Å²) in [5, 5.41) is 0.413. The number of rotatable bonds is 5. The molecular weight excluding hydrogens is 437 g/mol. The number of hydrogen-bond acceptors (Lipinski definition) is 5. The molecule has 0 bridgehead atoms. The molecule has 0 aliphatic carbocycles. The van der Waals surface area contributed by atoms with Crippen LogP contribution in [0.1, 0.15) is 50.4 Å². The van der Waals surface area contributed by atoms with Crippen molar-refractivity contribution in [3.63, 3.8) is 0 Å². The van der Waals surface area contributed by atoms with Gasteiger partial charge in [-0.1, -0.05) is 23.7 Å². The quantitative estimate of drug-likeness (QED) is 0.563. The van der Waals surface area contributed by atoms with Crippen LogP contribution in [0.2, 0.25) is 5.02 Å². The topological polar surface area (TPSA) is 65.1 Å². The number of esters is 1. The van der Waals surface area contributed by atoms with Crippen molar-refractivity contribution >= 4 is 23.7 Å². The molecule has 0 N–H and O–H groups in total. The summed E-state index contributed by atoms with van der Waals surface area (Å²) in [6.45, 7) is 7.23. The van der Waals surface area contributed by atoms with Gasteiger partial charge in [0, 0.05) is 17.1 Å². The number of fused-ring (bicyclic) bond motifs is 1. The van der Waals surface area contributed by atoms with Gasteiger partial charge >= 0.3 is 12.1 Å². The minimum absolute atomic E-state index is 0.233. The lowest BCUT2D eigenvalue weighted by Crippen LogP contribution is -2.43. The monoisotopic (exact) mass is 463 g/mol. The third-order valence-corrected chi connectivity index (χ3v) is 5.14. The molecule has 8 heteroatoms. The first kappa shape index (κ1) is 23.9. The van der Waals surface area contributed by atoms with Crippen LogP contribution in [0, 0.1) is 5.82 Å². The smallest absolute Gasteiger partial charge is 0.411 e. The van der Waals surface area contributed by atoms with Crippen LogP contribution in [0.5, 0.6) is 5.75 Å². The SMILES string of the molecule is CCOC(=O)COc1ccc(Cl)cc1[C@@H]1c2cccc(F)c2CCN1C(=O)OC(C)(C)C. The van der Waals surface area contributed by atoms with E-state index in [-0.39, 0.29) is 25.6 Å². The van der Waals surface area contributed by atoms with Crippen molar-refractivity contribution in [3.8, 4) is 5.75 Å². The van der Waals surface area contributed by atoms with Crippen molar-refractivity contribution < 1.29 is 28.2 Å². The zero-order valence-electron chi connectivity index (χ0n) is 18.6. The zero-order chi connectivity index (χ0) is 23.5. The molecule has 2 aromatic rings. The fourth-order valence-electron chi connectivity index (χ4n) is 3.68. The van der Waals surface area contributed by atoms with Crippen LogP contribution in [-0.4, -0.2) is 42.3 Å². The van der Waals surface area contributed by atoms with Crippen molar-refractivity contribution in [2.75, 3.05) is 19.8 Å². The Bertz CT molecular complexity index is 1000. The lowest BCUT2D eigenvalue weighted by atomic mass is 9.87. The molecule has 0 unspecified atom stereocenters. The second kappa shape index (κ2) is 9.77. The Kier molecular flexibility index (Phi) is 7.29. The summed E-state index contributed by atoms with van der Waals surface area (Å²) in [6.07, 6.45) is -0.189. The normalized spacial score (nSPS) is 15.7. The van der Waals surface area contributed by atoms with Gasteiger partial charge in [-0.15, -0.1) is 0 Å². The molecule has 1 heterocycles. The molecule has 1 atom stereocenters. The molecule has 6 nitrogen and oxygen atoms in total. The van der Waals surface area contributed by atoms with E-state index in [0.717, 1.165) is 0 Å². The van der Waals surface area contributed by atoms with Gasteiger partial charge in [0.15, 0.2) is 6.61 Å². The maximum Gasteiger partial charge on any atom is 0.411 e. The van der Waals surface area contributed by atoms with Gasteiger partial charge in [0.2, 0.25) is 0 Å². The Balaban J connectivity index is 2.08. The van der Waals surface area contributed by atoms with Gasteiger partial charge in [0.1, 0.15) is 17.2 Å². The fraction of sp³-hybridized carbons (Fsp3) is 0.417. The molecule has 0 fully saturated rings. The summed E-state index contributed by atoms with van der Waals surface area (Å²) in [4.78, 5) is 26.5. The molecule has 1 aliphatic heterocycles. The summed E-state index contributed by atoms with van der Waals surface area (Å²) < 4.78 is 30.9. The van der Waals surface area contributed by atoms with Crippen molar-refractivity contribution in [1.29, 1.82) is 0 Å². The van der Waals surface area contributed by atoms with Crippen LogP contribution in [0.3, 0.4) is 0 Å². The van der Waals surface area contributed by atoms with Crippen LogP contribution in [0.25, 0.3) is 0 Å². The van der Waals surface area contributed by atoms with E-state index < -0.39 is 23.7 Å². The zero-order valence-corrected chi connectivity index (χ0v) is 19.4. The third-order valence-electron chi connectivity index (χ3n) is 4.91. The highest BCUT2D eigenvalue weighted by Gasteiger charge is 2.37. The van der Waals surface area contributed by atoms with Crippen molar-refractivity contribution in [1.82, 2.24) is 4.90 Å². The highest BCUT2D eigenvalue weighted by Crippen LogP contribution is 2.41. The molecule has 3 rings (SSSR count). The number of amides is 1.